The molecule has 0 atom stereocenters. The molecule has 3 nitrogen and oxygen atoms in total. The zero-order chi connectivity index (χ0) is 10.8. The van der Waals surface area contributed by atoms with Crippen LogP contribution in [0.3, 0.4) is 0 Å². The third-order valence-electron chi connectivity index (χ3n) is 2.49. The van der Waals surface area contributed by atoms with Crippen LogP contribution in [0.1, 0.15) is 31.2 Å². The molecule has 1 fully saturated rings. The Hall–Kier alpha value is -1.51. The maximum Gasteiger partial charge on any atom is 0.308 e. The summed E-state index contributed by atoms with van der Waals surface area (Å²) >= 11 is 0. The fourth-order valence-corrected chi connectivity index (χ4v) is 1.59. The molecule has 0 unspecified atom stereocenters. The molecule has 0 amide bonds. The first-order valence-electron chi connectivity index (χ1n) is 5.07. The second-order valence-electron chi connectivity index (χ2n) is 3.78. The van der Waals surface area contributed by atoms with Crippen LogP contribution in [0.2, 0.25) is 0 Å². The third-order valence-corrected chi connectivity index (χ3v) is 2.49. The molecule has 1 aliphatic rings. The van der Waals surface area contributed by atoms with Gasteiger partial charge in [-0.05, 0) is 36.5 Å². The van der Waals surface area contributed by atoms with Gasteiger partial charge in [0.1, 0.15) is 0 Å². The molecule has 0 heterocycles. The predicted octanol–water partition coefficient (Wildman–Crippen LogP) is 2.50. The third kappa shape index (κ3) is 2.29. The first-order valence-corrected chi connectivity index (χ1v) is 5.07. The van der Waals surface area contributed by atoms with Gasteiger partial charge in [-0.3, -0.25) is 4.79 Å². The maximum atomic E-state index is 10.8. The molecule has 0 aliphatic heterocycles. The van der Waals surface area contributed by atoms with Crippen LogP contribution in [0.15, 0.2) is 18.2 Å². The van der Waals surface area contributed by atoms with Crippen molar-refractivity contribution in [3.8, 4) is 11.5 Å². The Labute approximate surface area is 89.0 Å². The summed E-state index contributed by atoms with van der Waals surface area (Å²) in [5.74, 6) is 1.47. The lowest BCUT2D eigenvalue weighted by Gasteiger charge is -2.09. The smallest absolute Gasteiger partial charge is 0.308 e. The molecule has 2 rings (SSSR count). The van der Waals surface area contributed by atoms with E-state index >= 15 is 0 Å². The molecular weight excluding hydrogens is 192 g/mol. The second kappa shape index (κ2) is 3.93. The van der Waals surface area contributed by atoms with Gasteiger partial charge in [0.25, 0.3) is 0 Å². The van der Waals surface area contributed by atoms with E-state index in [2.05, 4.69) is 0 Å². The van der Waals surface area contributed by atoms with Crippen molar-refractivity contribution < 1.29 is 14.3 Å². The second-order valence-corrected chi connectivity index (χ2v) is 3.78. The van der Waals surface area contributed by atoms with Crippen molar-refractivity contribution >= 4 is 5.97 Å². The maximum absolute atomic E-state index is 10.8. The van der Waals surface area contributed by atoms with Crippen LogP contribution in [-0.2, 0) is 4.79 Å². The summed E-state index contributed by atoms with van der Waals surface area (Å²) in [6.07, 6.45) is 2.49. The molecule has 15 heavy (non-hydrogen) atoms. The van der Waals surface area contributed by atoms with Gasteiger partial charge in [-0.2, -0.15) is 0 Å². The van der Waals surface area contributed by atoms with Crippen LogP contribution >= 0.6 is 0 Å². The Morgan fingerprint density at radius 3 is 2.60 bits per heavy atom. The molecule has 0 spiro atoms. The molecule has 1 aromatic carbocycles. The van der Waals surface area contributed by atoms with Crippen LogP contribution in [-0.4, -0.2) is 13.1 Å². The molecular formula is C12H14O3. The van der Waals surface area contributed by atoms with Gasteiger partial charge in [-0.15, -0.1) is 0 Å². The average molecular weight is 206 g/mol. The molecule has 1 saturated carbocycles. The quantitative estimate of drug-likeness (QED) is 0.563. The van der Waals surface area contributed by atoms with Gasteiger partial charge in [-0.1, -0.05) is 6.07 Å². The summed E-state index contributed by atoms with van der Waals surface area (Å²) < 4.78 is 10.2. The van der Waals surface area contributed by atoms with Crippen LogP contribution in [0.5, 0.6) is 11.5 Å². The van der Waals surface area contributed by atoms with Crippen molar-refractivity contribution in [3.63, 3.8) is 0 Å². The van der Waals surface area contributed by atoms with Gasteiger partial charge in [0.05, 0.1) is 7.11 Å². The first-order chi connectivity index (χ1) is 7.20. The van der Waals surface area contributed by atoms with Crippen molar-refractivity contribution in [2.24, 2.45) is 0 Å². The van der Waals surface area contributed by atoms with Crippen LogP contribution in [0.4, 0.5) is 0 Å². The largest absolute Gasteiger partial charge is 0.493 e. The SMILES string of the molecule is COc1cc(C2CC2)ccc1OC(C)=O. The standard InChI is InChI=1S/C12H14O3/c1-8(13)15-11-6-5-10(9-3-4-9)7-12(11)14-2/h5-7,9H,3-4H2,1-2H3. The predicted molar refractivity (Wildman–Crippen MR) is 56.3 cm³/mol. The van der Waals surface area contributed by atoms with E-state index in [1.165, 1.54) is 25.3 Å². The number of benzene rings is 1. The molecule has 0 N–H and O–H groups in total. The van der Waals surface area contributed by atoms with E-state index in [9.17, 15) is 4.79 Å². The number of esters is 1. The topological polar surface area (TPSA) is 35.5 Å². The monoisotopic (exact) mass is 206 g/mol. The minimum absolute atomic E-state index is 0.326. The molecule has 3 heteroatoms. The summed E-state index contributed by atoms with van der Waals surface area (Å²) in [6, 6.07) is 5.75. The van der Waals surface area contributed by atoms with Crippen molar-refractivity contribution in [2.45, 2.75) is 25.7 Å². The highest BCUT2D eigenvalue weighted by molar-refractivity contribution is 5.70. The van der Waals surface area contributed by atoms with Crippen LogP contribution in [0, 0.1) is 0 Å². The zero-order valence-corrected chi connectivity index (χ0v) is 8.95. The molecule has 0 aromatic heterocycles. The Bertz CT molecular complexity index is 380. The van der Waals surface area contributed by atoms with E-state index in [1.807, 2.05) is 12.1 Å². The summed E-state index contributed by atoms with van der Waals surface area (Å²) in [7, 11) is 1.58. The minimum Gasteiger partial charge on any atom is -0.493 e. The Kier molecular flexibility index (Phi) is 2.62. The van der Waals surface area contributed by atoms with Gasteiger partial charge < -0.3 is 9.47 Å². The number of rotatable bonds is 3. The number of hydrogen-bond donors (Lipinski definition) is 0. The number of methoxy groups -OCH3 is 1. The highest BCUT2D eigenvalue weighted by atomic mass is 16.6. The highest BCUT2D eigenvalue weighted by Gasteiger charge is 2.24. The van der Waals surface area contributed by atoms with E-state index in [-0.39, 0.29) is 5.97 Å². The normalized spacial score (nSPS) is 14.8. The van der Waals surface area contributed by atoms with Crippen molar-refractivity contribution in [2.75, 3.05) is 7.11 Å². The molecule has 80 valence electrons. The Balaban J connectivity index is 2.26. The molecule has 0 saturated heterocycles. The zero-order valence-electron chi connectivity index (χ0n) is 8.95. The highest BCUT2D eigenvalue weighted by Crippen LogP contribution is 2.42. The fourth-order valence-electron chi connectivity index (χ4n) is 1.59. The summed E-state index contributed by atoms with van der Waals surface area (Å²) in [4.78, 5) is 10.8. The lowest BCUT2D eigenvalue weighted by molar-refractivity contribution is -0.132. The minimum atomic E-state index is -0.326. The molecule has 0 radical (unpaired) electrons. The van der Waals surface area contributed by atoms with Gasteiger partial charge >= 0.3 is 5.97 Å². The number of carbonyl (C=O) groups excluding carboxylic acids is 1. The van der Waals surface area contributed by atoms with Gasteiger partial charge in [0.15, 0.2) is 11.5 Å². The van der Waals surface area contributed by atoms with E-state index in [4.69, 9.17) is 9.47 Å². The molecule has 1 aromatic rings. The van der Waals surface area contributed by atoms with Crippen molar-refractivity contribution in [3.05, 3.63) is 23.8 Å². The summed E-state index contributed by atoms with van der Waals surface area (Å²) in [6.45, 7) is 1.38. The number of hydrogen-bond acceptors (Lipinski definition) is 3. The molecule has 1 aliphatic carbocycles. The van der Waals surface area contributed by atoms with Crippen molar-refractivity contribution in [1.82, 2.24) is 0 Å². The Morgan fingerprint density at radius 1 is 1.33 bits per heavy atom. The summed E-state index contributed by atoms with van der Waals surface area (Å²) in [5, 5.41) is 0. The van der Waals surface area contributed by atoms with Gasteiger partial charge in [0.2, 0.25) is 0 Å². The van der Waals surface area contributed by atoms with E-state index in [0.717, 1.165) is 0 Å². The fraction of sp³-hybridized carbons (Fsp3) is 0.417. The van der Waals surface area contributed by atoms with Gasteiger partial charge in [0, 0.05) is 6.92 Å². The van der Waals surface area contributed by atoms with Gasteiger partial charge in [-0.25, -0.2) is 0 Å². The number of ether oxygens (including phenoxy) is 2. The van der Waals surface area contributed by atoms with E-state index in [0.29, 0.717) is 17.4 Å². The van der Waals surface area contributed by atoms with E-state index < -0.39 is 0 Å². The lowest BCUT2D eigenvalue weighted by Crippen LogP contribution is -2.03. The number of carbonyl (C=O) groups is 1. The lowest BCUT2D eigenvalue weighted by atomic mass is 10.1. The van der Waals surface area contributed by atoms with Crippen LogP contribution in [0.25, 0.3) is 0 Å². The Morgan fingerprint density at radius 2 is 2.07 bits per heavy atom. The average Bonchev–Trinajstić information content (AvgIpc) is 3.01. The van der Waals surface area contributed by atoms with Crippen LogP contribution < -0.4 is 9.47 Å². The molecule has 0 bridgehead atoms. The van der Waals surface area contributed by atoms with E-state index in [1.54, 1.807) is 13.2 Å². The first kappa shape index (κ1) is 10.0. The van der Waals surface area contributed by atoms with Crippen molar-refractivity contribution in [1.29, 1.82) is 0 Å². The summed E-state index contributed by atoms with van der Waals surface area (Å²) in [5.41, 5.74) is 1.27.